The number of amides is 2. The Bertz CT molecular complexity index is 969. The number of nitrogens with one attached hydrogen (secondary N) is 2. The van der Waals surface area contributed by atoms with Gasteiger partial charge in [-0.3, -0.25) is 19.3 Å². The number of carbonyl (C=O) groups is 2. The highest BCUT2D eigenvalue weighted by molar-refractivity contribution is 9.10. The van der Waals surface area contributed by atoms with Crippen LogP contribution in [0.15, 0.2) is 65.7 Å². The second-order valence-corrected chi connectivity index (χ2v) is 7.31. The van der Waals surface area contributed by atoms with Crippen LogP contribution in [0.3, 0.4) is 0 Å². The van der Waals surface area contributed by atoms with Crippen molar-refractivity contribution in [3.63, 3.8) is 0 Å². The average Bonchev–Trinajstić information content (AvgIpc) is 3.12. The van der Waals surface area contributed by atoms with Gasteiger partial charge in [0.05, 0.1) is 17.4 Å². The molecular weight excluding hydrogens is 410 g/mol. The number of carbonyl (C=O) groups excluding carboxylic acids is 2. The van der Waals surface area contributed by atoms with Gasteiger partial charge >= 0.3 is 0 Å². The molecule has 0 radical (unpaired) electrons. The van der Waals surface area contributed by atoms with Crippen LogP contribution in [0.2, 0.25) is 0 Å². The van der Waals surface area contributed by atoms with E-state index >= 15 is 0 Å². The summed E-state index contributed by atoms with van der Waals surface area (Å²) in [6, 6.07) is 10.9. The number of pyridine rings is 1. The number of nitrogens with zero attached hydrogens (tertiary/aromatic N) is 3. The highest BCUT2D eigenvalue weighted by atomic mass is 79.9. The van der Waals surface area contributed by atoms with Gasteiger partial charge in [0.1, 0.15) is 5.54 Å². The van der Waals surface area contributed by atoms with Crippen molar-refractivity contribution in [1.29, 1.82) is 0 Å². The molecule has 1 aromatic carbocycles. The molecule has 2 heterocycles. The van der Waals surface area contributed by atoms with Crippen molar-refractivity contribution < 1.29 is 9.59 Å². The van der Waals surface area contributed by atoms with Crippen LogP contribution >= 0.6 is 15.9 Å². The minimum Gasteiger partial charge on any atom is -0.324 e. The van der Waals surface area contributed by atoms with Crippen LogP contribution in [0.1, 0.15) is 24.2 Å². The Morgan fingerprint density at radius 1 is 1.04 bits per heavy atom. The number of para-hydroxylation sites is 1. The van der Waals surface area contributed by atoms with Gasteiger partial charge in [0.2, 0.25) is 0 Å². The van der Waals surface area contributed by atoms with Crippen molar-refractivity contribution in [2.45, 2.75) is 19.4 Å². The van der Waals surface area contributed by atoms with Crippen molar-refractivity contribution in [3.05, 3.63) is 71.2 Å². The molecule has 0 atom stereocenters. The molecule has 3 aromatic rings. The third-order valence-electron chi connectivity index (χ3n) is 3.97. The van der Waals surface area contributed by atoms with Crippen LogP contribution in [0.5, 0.6) is 0 Å². The zero-order chi connectivity index (χ0) is 19.4. The molecule has 8 heteroatoms. The first-order chi connectivity index (χ1) is 12.9. The molecule has 0 spiro atoms. The molecule has 27 heavy (non-hydrogen) atoms. The van der Waals surface area contributed by atoms with Crippen molar-refractivity contribution >= 4 is 39.1 Å². The number of aromatic nitrogens is 3. The van der Waals surface area contributed by atoms with Gasteiger partial charge in [-0.1, -0.05) is 18.2 Å². The molecular formula is C19H18BrN5O2. The number of hydrogen-bond donors (Lipinski definition) is 2. The maximum Gasteiger partial charge on any atom is 0.257 e. The summed E-state index contributed by atoms with van der Waals surface area (Å²) in [7, 11) is 0. The fourth-order valence-corrected chi connectivity index (χ4v) is 2.71. The van der Waals surface area contributed by atoms with E-state index < -0.39 is 5.54 Å². The lowest BCUT2D eigenvalue weighted by Crippen LogP contribution is -2.40. The van der Waals surface area contributed by atoms with Gasteiger partial charge in [-0.2, -0.15) is 5.10 Å². The van der Waals surface area contributed by atoms with E-state index in [2.05, 4.69) is 36.6 Å². The van der Waals surface area contributed by atoms with E-state index in [0.29, 0.717) is 21.4 Å². The lowest BCUT2D eigenvalue weighted by molar-refractivity contribution is -0.123. The normalized spacial score (nSPS) is 11.1. The van der Waals surface area contributed by atoms with Gasteiger partial charge in [0.25, 0.3) is 11.8 Å². The number of rotatable bonds is 5. The first-order valence-electron chi connectivity index (χ1n) is 8.20. The Morgan fingerprint density at radius 3 is 2.48 bits per heavy atom. The van der Waals surface area contributed by atoms with Gasteiger partial charge in [-0.25, -0.2) is 0 Å². The minimum atomic E-state index is -0.948. The second-order valence-electron chi connectivity index (χ2n) is 6.40. The van der Waals surface area contributed by atoms with E-state index in [1.807, 2.05) is 30.3 Å². The minimum absolute atomic E-state index is 0.217. The Labute approximate surface area is 164 Å². The summed E-state index contributed by atoms with van der Waals surface area (Å²) in [5.74, 6) is -0.527. The topological polar surface area (TPSA) is 88.9 Å². The fraction of sp³-hybridized carbons (Fsp3) is 0.158. The van der Waals surface area contributed by atoms with Crippen molar-refractivity contribution in [2.75, 3.05) is 10.6 Å². The van der Waals surface area contributed by atoms with Crippen LogP contribution in [0.4, 0.5) is 11.4 Å². The number of anilines is 2. The molecule has 2 aromatic heterocycles. The largest absolute Gasteiger partial charge is 0.324 e. The maximum atomic E-state index is 12.7. The molecule has 7 nitrogen and oxygen atoms in total. The highest BCUT2D eigenvalue weighted by Crippen LogP contribution is 2.20. The summed E-state index contributed by atoms with van der Waals surface area (Å²) in [4.78, 5) is 28.9. The molecule has 0 bridgehead atoms. The van der Waals surface area contributed by atoms with E-state index in [1.165, 1.54) is 17.1 Å². The average molecular weight is 428 g/mol. The predicted molar refractivity (Wildman–Crippen MR) is 107 cm³/mol. The standard InChI is InChI=1S/C19H18BrN5O2/c1-19(2,18(27)24-15-6-4-3-5-7-15)25-12-16(11-22-25)23-17(26)13-8-14(20)10-21-9-13/h3-12H,1-2H3,(H,23,26)(H,24,27). The van der Waals surface area contributed by atoms with Crippen LogP contribution < -0.4 is 10.6 Å². The molecule has 0 aliphatic heterocycles. The van der Waals surface area contributed by atoms with Gasteiger partial charge < -0.3 is 10.6 Å². The zero-order valence-electron chi connectivity index (χ0n) is 14.8. The molecule has 0 fully saturated rings. The fourth-order valence-electron chi connectivity index (χ4n) is 2.34. The predicted octanol–water partition coefficient (Wildman–Crippen LogP) is 3.67. The van der Waals surface area contributed by atoms with Crippen LogP contribution in [-0.4, -0.2) is 26.6 Å². The number of halogens is 1. The summed E-state index contributed by atoms with van der Waals surface area (Å²) in [5.41, 5.74) is 0.660. The van der Waals surface area contributed by atoms with Crippen molar-refractivity contribution in [3.8, 4) is 0 Å². The summed E-state index contributed by atoms with van der Waals surface area (Å²) in [6.07, 6.45) is 6.19. The summed E-state index contributed by atoms with van der Waals surface area (Å²) >= 11 is 3.29. The summed E-state index contributed by atoms with van der Waals surface area (Å²) in [5, 5.41) is 9.85. The van der Waals surface area contributed by atoms with Gasteiger partial charge in [-0.05, 0) is 48.0 Å². The van der Waals surface area contributed by atoms with E-state index in [1.54, 1.807) is 32.3 Å². The molecule has 0 unspecified atom stereocenters. The van der Waals surface area contributed by atoms with E-state index in [9.17, 15) is 9.59 Å². The quantitative estimate of drug-likeness (QED) is 0.649. The molecule has 2 N–H and O–H groups in total. The highest BCUT2D eigenvalue weighted by Gasteiger charge is 2.31. The van der Waals surface area contributed by atoms with Gasteiger partial charge in [-0.15, -0.1) is 0 Å². The van der Waals surface area contributed by atoms with Crippen LogP contribution in [-0.2, 0) is 10.3 Å². The van der Waals surface area contributed by atoms with E-state index in [-0.39, 0.29) is 11.8 Å². The third-order valence-corrected chi connectivity index (χ3v) is 4.40. The smallest absolute Gasteiger partial charge is 0.257 e. The Balaban J connectivity index is 1.72. The first-order valence-corrected chi connectivity index (χ1v) is 8.99. The molecule has 0 saturated carbocycles. The molecule has 0 aliphatic rings. The van der Waals surface area contributed by atoms with Crippen molar-refractivity contribution in [1.82, 2.24) is 14.8 Å². The molecule has 2 amide bonds. The van der Waals surface area contributed by atoms with Gasteiger partial charge in [0.15, 0.2) is 0 Å². The molecule has 0 aliphatic carbocycles. The zero-order valence-corrected chi connectivity index (χ0v) is 16.4. The summed E-state index contributed by atoms with van der Waals surface area (Å²) in [6.45, 7) is 3.50. The lowest BCUT2D eigenvalue weighted by Gasteiger charge is -2.24. The third kappa shape index (κ3) is 4.40. The number of benzene rings is 1. The Hall–Kier alpha value is -3.00. The monoisotopic (exact) mass is 427 g/mol. The molecule has 3 rings (SSSR count). The second kappa shape index (κ2) is 7.71. The van der Waals surface area contributed by atoms with E-state index in [4.69, 9.17) is 0 Å². The Kier molecular flexibility index (Phi) is 5.36. The lowest BCUT2D eigenvalue weighted by atomic mass is 10.0. The Morgan fingerprint density at radius 2 is 1.78 bits per heavy atom. The van der Waals surface area contributed by atoms with Crippen molar-refractivity contribution in [2.24, 2.45) is 0 Å². The summed E-state index contributed by atoms with van der Waals surface area (Å²) < 4.78 is 2.23. The molecule has 138 valence electrons. The molecule has 0 saturated heterocycles. The first kappa shape index (κ1) is 18.8. The van der Waals surface area contributed by atoms with Crippen LogP contribution in [0.25, 0.3) is 0 Å². The van der Waals surface area contributed by atoms with Crippen LogP contribution in [0, 0.1) is 0 Å². The van der Waals surface area contributed by atoms with E-state index in [0.717, 1.165) is 0 Å². The maximum absolute atomic E-state index is 12.7. The van der Waals surface area contributed by atoms with Gasteiger partial charge in [0, 0.05) is 28.8 Å². The number of hydrogen-bond acceptors (Lipinski definition) is 4. The SMILES string of the molecule is CC(C)(C(=O)Nc1ccccc1)n1cc(NC(=O)c2cncc(Br)c2)cn1.